The van der Waals surface area contributed by atoms with Crippen LogP contribution in [0.15, 0.2) is 36.8 Å². The molecule has 4 rings (SSSR count). The van der Waals surface area contributed by atoms with E-state index in [0.717, 1.165) is 12.0 Å². The molecule has 2 amide bonds. The van der Waals surface area contributed by atoms with Gasteiger partial charge >= 0.3 is 6.03 Å². The first-order valence-electron chi connectivity index (χ1n) is 8.10. The number of carbonyl (C=O) groups excluding carboxylic acids is 1. The lowest BCUT2D eigenvalue weighted by atomic mass is 9.93. The Labute approximate surface area is 143 Å². The largest absolute Gasteiger partial charge is 0.367 e. The van der Waals surface area contributed by atoms with E-state index >= 15 is 0 Å². The summed E-state index contributed by atoms with van der Waals surface area (Å²) < 4.78 is 13.3. The smallest absolute Gasteiger partial charge is 0.323 e. The minimum atomic E-state index is -0.464. The van der Waals surface area contributed by atoms with E-state index in [1.807, 2.05) is 6.07 Å². The number of anilines is 3. The maximum absolute atomic E-state index is 13.3. The summed E-state index contributed by atoms with van der Waals surface area (Å²) in [6, 6.07) is 5.00. The maximum Gasteiger partial charge on any atom is 0.323 e. The zero-order valence-corrected chi connectivity index (χ0v) is 13.3. The van der Waals surface area contributed by atoms with Crippen LogP contribution in [-0.2, 0) is 0 Å². The fraction of sp³-hybridized carbons (Fsp3) is 0.235. The molecule has 8 heteroatoms. The van der Waals surface area contributed by atoms with E-state index in [0.29, 0.717) is 28.5 Å². The molecule has 4 N–H and O–H groups in total. The molecule has 25 heavy (non-hydrogen) atoms. The topological polar surface area (TPSA) is 94.7 Å². The lowest BCUT2D eigenvalue weighted by Gasteiger charge is -2.26. The quantitative estimate of drug-likeness (QED) is 0.582. The SMILES string of the molecule is O=C(Nc1ccc(NC2CCC2)nc1)Nc1c[nH]c2ncc(F)cc12. The summed E-state index contributed by atoms with van der Waals surface area (Å²) in [6.45, 7) is 0. The number of amides is 2. The minimum Gasteiger partial charge on any atom is -0.367 e. The van der Waals surface area contributed by atoms with Crippen molar-refractivity contribution < 1.29 is 9.18 Å². The second kappa shape index (κ2) is 6.39. The molecule has 1 fully saturated rings. The van der Waals surface area contributed by atoms with Crippen LogP contribution in [0.4, 0.5) is 26.4 Å². The molecule has 3 aromatic rings. The molecule has 3 aromatic heterocycles. The third-order valence-electron chi connectivity index (χ3n) is 4.22. The number of rotatable bonds is 4. The highest BCUT2D eigenvalue weighted by Crippen LogP contribution is 2.24. The third-order valence-corrected chi connectivity index (χ3v) is 4.22. The molecule has 0 aliphatic heterocycles. The van der Waals surface area contributed by atoms with E-state index in [1.54, 1.807) is 18.5 Å². The van der Waals surface area contributed by atoms with Gasteiger partial charge in [0.2, 0.25) is 0 Å². The van der Waals surface area contributed by atoms with Crippen LogP contribution in [0.3, 0.4) is 0 Å². The fourth-order valence-corrected chi connectivity index (χ4v) is 2.68. The third kappa shape index (κ3) is 3.37. The second-order valence-corrected chi connectivity index (χ2v) is 6.04. The maximum atomic E-state index is 13.3. The van der Waals surface area contributed by atoms with Crippen molar-refractivity contribution in [3.05, 3.63) is 42.6 Å². The molecular weight excluding hydrogens is 323 g/mol. The van der Waals surface area contributed by atoms with Gasteiger partial charge in [-0.05, 0) is 37.5 Å². The molecule has 1 saturated carbocycles. The highest BCUT2D eigenvalue weighted by atomic mass is 19.1. The number of carbonyl (C=O) groups is 1. The van der Waals surface area contributed by atoms with Crippen molar-refractivity contribution in [2.75, 3.05) is 16.0 Å². The van der Waals surface area contributed by atoms with E-state index in [-0.39, 0.29) is 0 Å². The normalized spacial score (nSPS) is 14.1. The van der Waals surface area contributed by atoms with Crippen LogP contribution in [0.1, 0.15) is 19.3 Å². The predicted molar refractivity (Wildman–Crippen MR) is 94.2 cm³/mol. The number of pyridine rings is 2. The molecule has 1 aliphatic rings. The number of hydrogen-bond acceptors (Lipinski definition) is 4. The number of aromatic amines is 1. The molecule has 0 bridgehead atoms. The molecule has 0 unspecified atom stereocenters. The van der Waals surface area contributed by atoms with Crippen LogP contribution >= 0.6 is 0 Å². The van der Waals surface area contributed by atoms with E-state index < -0.39 is 11.8 Å². The average molecular weight is 340 g/mol. The Morgan fingerprint density at radius 2 is 2.08 bits per heavy atom. The van der Waals surface area contributed by atoms with E-state index in [4.69, 9.17) is 0 Å². The summed E-state index contributed by atoms with van der Waals surface area (Å²) in [5.74, 6) is 0.336. The van der Waals surface area contributed by atoms with Gasteiger partial charge in [-0.15, -0.1) is 0 Å². The highest BCUT2D eigenvalue weighted by molar-refractivity contribution is 6.05. The van der Waals surface area contributed by atoms with E-state index in [9.17, 15) is 9.18 Å². The zero-order valence-electron chi connectivity index (χ0n) is 13.3. The number of fused-ring (bicyclic) bond motifs is 1. The van der Waals surface area contributed by atoms with Gasteiger partial charge in [0.25, 0.3) is 0 Å². The second-order valence-electron chi connectivity index (χ2n) is 6.04. The van der Waals surface area contributed by atoms with Crippen LogP contribution in [0, 0.1) is 5.82 Å². The monoisotopic (exact) mass is 340 g/mol. The summed E-state index contributed by atoms with van der Waals surface area (Å²) >= 11 is 0. The Hall–Kier alpha value is -3.16. The number of halogens is 1. The lowest BCUT2D eigenvalue weighted by Crippen LogP contribution is -2.27. The Morgan fingerprint density at radius 3 is 2.80 bits per heavy atom. The van der Waals surface area contributed by atoms with Crippen LogP contribution in [0.5, 0.6) is 0 Å². The predicted octanol–water partition coefficient (Wildman–Crippen LogP) is 3.71. The van der Waals surface area contributed by atoms with Gasteiger partial charge in [-0.25, -0.2) is 19.2 Å². The zero-order chi connectivity index (χ0) is 17.2. The number of hydrogen-bond donors (Lipinski definition) is 4. The Kier molecular flexibility index (Phi) is 3.93. The molecule has 3 heterocycles. The number of urea groups is 1. The van der Waals surface area contributed by atoms with Crippen molar-refractivity contribution in [2.24, 2.45) is 0 Å². The summed E-state index contributed by atoms with van der Waals surface area (Å²) in [5.41, 5.74) is 1.53. The summed E-state index contributed by atoms with van der Waals surface area (Å²) in [4.78, 5) is 23.2. The van der Waals surface area contributed by atoms with Crippen molar-refractivity contribution in [2.45, 2.75) is 25.3 Å². The molecule has 128 valence electrons. The van der Waals surface area contributed by atoms with Crippen molar-refractivity contribution in [3.63, 3.8) is 0 Å². The van der Waals surface area contributed by atoms with Crippen molar-refractivity contribution in [3.8, 4) is 0 Å². The summed E-state index contributed by atoms with van der Waals surface area (Å²) in [6.07, 6.45) is 7.88. The molecule has 0 radical (unpaired) electrons. The first-order chi connectivity index (χ1) is 12.2. The molecule has 0 saturated heterocycles. The number of aromatic nitrogens is 3. The highest BCUT2D eigenvalue weighted by Gasteiger charge is 2.17. The number of nitrogens with one attached hydrogen (secondary N) is 4. The molecular formula is C17H17FN6O. The van der Waals surface area contributed by atoms with Gasteiger partial charge in [-0.2, -0.15) is 0 Å². The van der Waals surface area contributed by atoms with Crippen molar-refractivity contribution >= 4 is 34.3 Å². The molecule has 0 atom stereocenters. The van der Waals surface area contributed by atoms with E-state index in [1.165, 1.54) is 25.3 Å². The average Bonchev–Trinajstić information content (AvgIpc) is 2.94. The van der Waals surface area contributed by atoms with Crippen LogP contribution in [-0.4, -0.2) is 27.0 Å². The molecule has 0 aromatic carbocycles. The lowest BCUT2D eigenvalue weighted by molar-refractivity contribution is 0.262. The first-order valence-corrected chi connectivity index (χ1v) is 8.10. The Bertz CT molecular complexity index is 903. The van der Waals surface area contributed by atoms with Crippen molar-refractivity contribution in [1.82, 2.24) is 15.0 Å². The van der Waals surface area contributed by atoms with Gasteiger partial charge in [0.1, 0.15) is 17.3 Å². The van der Waals surface area contributed by atoms with Gasteiger partial charge in [-0.1, -0.05) is 0 Å². The summed E-state index contributed by atoms with van der Waals surface area (Å²) in [5, 5.41) is 9.22. The first kappa shape index (κ1) is 15.4. The van der Waals surface area contributed by atoms with Gasteiger partial charge in [0.15, 0.2) is 0 Å². The number of nitrogens with zero attached hydrogens (tertiary/aromatic N) is 2. The minimum absolute atomic E-state index is 0.438. The van der Waals surface area contributed by atoms with Crippen LogP contribution in [0.25, 0.3) is 11.0 Å². The Balaban J connectivity index is 1.40. The summed E-state index contributed by atoms with van der Waals surface area (Å²) in [7, 11) is 0. The van der Waals surface area contributed by atoms with Gasteiger partial charge in [0, 0.05) is 17.6 Å². The van der Waals surface area contributed by atoms with Gasteiger partial charge in [-0.3, -0.25) is 0 Å². The molecule has 7 nitrogen and oxygen atoms in total. The standard InChI is InChI=1S/C17H17FN6O/c18-10-6-13-14(9-21-16(13)20-7-10)24-17(25)23-12-4-5-15(19-8-12)22-11-2-1-3-11/h4-9,11H,1-3H2,(H,19,22)(H,20,21)(H2,23,24,25). The van der Waals surface area contributed by atoms with E-state index in [2.05, 4.69) is 30.9 Å². The fourth-order valence-electron chi connectivity index (χ4n) is 2.68. The van der Waals surface area contributed by atoms with Gasteiger partial charge in [0.05, 0.1) is 23.8 Å². The van der Waals surface area contributed by atoms with Gasteiger partial charge < -0.3 is 20.9 Å². The Morgan fingerprint density at radius 1 is 1.20 bits per heavy atom. The number of H-pyrrole nitrogens is 1. The van der Waals surface area contributed by atoms with Crippen molar-refractivity contribution in [1.29, 1.82) is 0 Å². The molecule has 0 spiro atoms. The van der Waals surface area contributed by atoms with Crippen LogP contribution < -0.4 is 16.0 Å². The molecule has 1 aliphatic carbocycles. The van der Waals surface area contributed by atoms with Crippen LogP contribution in [0.2, 0.25) is 0 Å².